The Labute approximate surface area is 692 Å². The minimum absolute atomic E-state index is 0.598. The highest BCUT2D eigenvalue weighted by atomic mass is 15.0. The van der Waals surface area contributed by atoms with Gasteiger partial charge in [-0.1, -0.05) is 388 Å². The number of rotatable bonds is 14. The average Bonchev–Trinajstić information content (AvgIpc) is 0.722. The van der Waals surface area contributed by atoms with Crippen LogP contribution in [0.2, 0.25) is 0 Å². The van der Waals surface area contributed by atoms with Crippen LogP contribution in [-0.2, 0) is 0 Å². The summed E-state index contributed by atoms with van der Waals surface area (Å²) in [5, 5.41) is 6.08. The van der Waals surface area contributed by atoms with Crippen molar-refractivity contribution >= 4 is 65.4 Å². The molecule has 22 aromatic rings. The number of hydrogen-bond acceptors (Lipinski definition) is 11. The molecule has 0 aliphatic rings. The first kappa shape index (κ1) is 71.4. The zero-order chi connectivity index (χ0) is 79.7. The minimum Gasteiger partial charge on any atom is -0.247 e. The van der Waals surface area contributed by atoms with E-state index >= 15 is 0 Å². The summed E-state index contributed by atoms with van der Waals surface area (Å²) in [4.78, 5) is 58.1. The van der Waals surface area contributed by atoms with Gasteiger partial charge in [-0.25, -0.2) is 54.8 Å². The van der Waals surface area contributed by atoms with Crippen LogP contribution >= 0.6 is 0 Å². The van der Waals surface area contributed by atoms with E-state index in [0.717, 1.165) is 200 Å². The fraction of sp³-hybridized carbons (Fsp3) is 0. The summed E-state index contributed by atoms with van der Waals surface area (Å²) in [6.45, 7) is 0. The Kier molecular flexibility index (Phi) is 18.7. The van der Waals surface area contributed by atoms with Gasteiger partial charge < -0.3 is 0 Å². The zero-order valence-corrected chi connectivity index (χ0v) is 64.8. The van der Waals surface area contributed by atoms with Gasteiger partial charge in [0.05, 0.1) is 78.7 Å². The van der Waals surface area contributed by atoms with Crippen molar-refractivity contribution in [2.24, 2.45) is 0 Å². The molecular formula is C109H69N11. The Hall–Kier alpha value is -16.4. The lowest BCUT2D eigenvalue weighted by molar-refractivity contribution is 1.07. The first-order chi connectivity index (χ1) is 59.5. The summed E-state index contributed by atoms with van der Waals surface area (Å²) in [6.07, 6.45) is 0. The van der Waals surface area contributed by atoms with E-state index in [1.54, 1.807) is 0 Å². The Morgan fingerprint density at radius 1 is 0.133 bits per heavy atom. The maximum atomic E-state index is 5.64. The maximum absolute atomic E-state index is 5.64. The summed E-state index contributed by atoms with van der Waals surface area (Å²) in [7, 11) is 0. The van der Waals surface area contributed by atoms with Crippen molar-refractivity contribution in [3.63, 3.8) is 0 Å². The second-order valence-electron chi connectivity index (χ2n) is 29.5. The fourth-order valence-electron chi connectivity index (χ4n) is 16.2. The van der Waals surface area contributed by atoms with Gasteiger partial charge in [-0.3, -0.25) is 0 Å². The molecule has 0 spiro atoms. The van der Waals surface area contributed by atoms with E-state index in [1.807, 2.05) is 146 Å². The Morgan fingerprint density at radius 3 is 0.683 bits per heavy atom. The minimum atomic E-state index is 0.598. The van der Waals surface area contributed by atoms with Gasteiger partial charge in [0.2, 0.25) is 0 Å². The number of benzene rings is 16. The predicted molar refractivity (Wildman–Crippen MR) is 490 cm³/mol. The molecule has 0 amide bonds. The van der Waals surface area contributed by atoms with Crippen LogP contribution in [0.5, 0.6) is 0 Å². The van der Waals surface area contributed by atoms with E-state index in [1.165, 1.54) is 0 Å². The van der Waals surface area contributed by atoms with Crippen LogP contribution in [0.1, 0.15) is 0 Å². The lowest BCUT2D eigenvalue weighted by Gasteiger charge is -2.18. The summed E-state index contributed by atoms with van der Waals surface area (Å²) in [6, 6.07) is 143. The predicted octanol–water partition coefficient (Wildman–Crippen LogP) is 27.0. The van der Waals surface area contributed by atoms with Crippen LogP contribution in [0.15, 0.2) is 419 Å². The standard InChI is InChI=1S/C55H35N5.C54H34N6/c1-6-18-36(19-7-1)44-34-45-49(54-53(44)59-51(39-22-10-3-11-23-39)52(60-54)40-24-12-4-13-25-40)43-28-16-17-29-46(43)56-50(45)41-32-30-38(31-33-41)48-35-47(37-20-8-2-9-21-37)57-55(58-48)42-26-14-5-15-27-42;1-6-18-35(19-7-1)43-34-44-46(51-50(43)56-48(36-20-8-2-9-21-36)49(57-51)37-22-10-3-11-23-37)42-28-16-17-29-45(42)55-47(44)38-30-32-41(33-31-38)54-59-52(39-24-12-4-13-25-39)58-53(60-54)40-26-14-5-15-27-40/h1-35H;1-34H. The van der Waals surface area contributed by atoms with E-state index in [4.69, 9.17) is 54.8 Å². The van der Waals surface area contributed by atoms with Gasteiger partial charge in [0, 0.05) is 110 Å². The van der Waals surface area contributed by atoms with Gasteiger partial charge in [-0.15, -0.1) is 0 Å². The third-order valence-corrected chi connectivity index (χ3v) is 22.0. The van der Waals surface area contributed by atoms with E-state index < -0.39 is 0 Å². The normalized spacial score (nSPS) is 11.3. The largest absolute Gasteiger partial charge is 0.247 e. The smallest absolute Gasteiger partial charge is 0.164 e. The van der Waals surface area contributed by atoms with Crippen LogP contribution in [0, 0.1) is 0 Å². The van der Waals surface area contributed by atoms with E-state index in [9.17, 15) is 0 Å². The van der Waals surface area contributed by atoms with Crippen molar-refractivity contribution in [3.05, 3.63) is 419 Å². The van der Waals surface area contributed by atoms with Crippen molar-refractivity contribution in [2.75, 3.05) is 0 Å². The molecule has 0 bridgehead atoms. The number of hydrogen-bond donors (Lipinski definition) is 0. The fourth-order valence-corrected chi connectivity index (χ4v) is 16.2. The number of nitrogens with zero attached hydrogens (tertiary/aromatic N) is 11. The van der Waals surface area contributed by atoms with Crippen molar-refractivity contribution in [2.45, 2.75) is 0 Å². The third-order valence-electron chi connectivity index (χ3n) is 22.0. The zero-order valence-electron chi connectivity index (χ0n) is 64.8. The highest BCUT2D eigenvalue weighted by Gasteiger charge is 2.26. The highest BCUT2D eigenvalue weighted by Crippen LogP contribution is 2.47. The summed E-state index contributed by atoms with van der Waals surface area (Å²) in [5.74, 6) is 2.53. The SMILES string of the molecule is c1ccc(-c2cc(-c3ccc(-c4nc5ccccc5c5c4cc(-c4ccccc4)c4nc(-c6ccccc6)c(-c6ccccc6)nc45)cc3)nc(-c3ccccc3)n2)cc1.c1ccc(-c2nc(-c3ccccc3)nc(-c3ccc(-c4nc5ccccc5c5c4cc(-c4ccccc4)c4nc(-c6ccccc6)c(-c6ccccc6)nc45)cc3)n2)cc1. The van der Waals surface area contributed by atoms with Crippen LogP contribution in [0.25, 0.3) is 223 Å². The summed E-state index contributed by atoms with van der Waals surface area (Å²) < 4.78 is 0. The molecule has 560 valence electrons. The molecule has 0 saturated heterocycles. The second kappa shape index (κ2) is 31.4. The van der Waals surface area contributed by atoms with Crippen molar-refractivity contribution in [1.29, 1.82) is 0 Å². The Balaban J connectivity index is 0.000000148. The van der Waals surface area contributed by atoms with Crippen LogP contribution in [0.4, 0.5) is 0 Å². The Morgan fingerprint density at radius 2 is 0.358 bits per heavy atom. The number of fused-ring (bicyclic) bond motifs is 10. The molecule has 16 aromatic carbocycles. The second-order valence-corrected chi connectivity index (χ2v) is 29.5. The first-order valence-corrected chi connectivity index (χ1v) is 40.1. The average molecular weight is 1530 g/mol. The molecule has 0 radical (unpaired) electrons. The number of pyridine rings is 2. The van der Waals surface area contributed by atoms with Crippen molar-refractivity contribution in [3.8, 4) is 158 Å². The van der Waals surface area contributed by atoms with Gasteiger partial charge >= 0.3 is 0 Å². The molecule has 0 atom stereocenters. The topological polar surface area (TPSA) is 142 Å². The molecule has 11 heteroatoms. The van der Waals surface area contributed by atoms with Crippen LogP contribution in [0.3, 0.4) is 0 Å². The molecule has 0 N–H and O–H groups in total. The summed E-state index contributed by atoms with van der Waals surface area (Å²) >= 11 is 0. The maximum Gasteiger partial charge on any atom is 0.164 e. The lowest BCUT2D eigenvalue weighted by atomic mass is 9.92. The molecule has 0 saturated carbocycles. The quantitative estimate of drug-likeness (QED) is 0.0960. The molecular weight excluding hydrogens is 1460 g/mol. The lowest BCUT2D eigenvalue weighted by Crippen LogP contribution is -2.00. The van der Waals surface area contributed by atoms with Crippen molar-refractivity contribution in [1.82, 2.24) is 54.8 Å². The molecule has 6 aromatic heterocycles. The van der Waals surface area contributed by atoms with Crippen molar-refractivity contribution < 1.29 is 0 Å². The molecule has 0 aliphatic carbocycles. The van der Waals surface area contributed by atoms with Gasteiger partial charge in [0.25, 0.3) is 0 Å². The molecule has 22 rings (SSSR count). The van der Waals surface area contributed by atoms with E-state index in [2.05, 4.69) is 273 Å². The molecule has 0 fully saturated rings. The first-order valence-electron chi connectivity index (χ1n) is 40.1. The Bertz CT molecular complexity index is 6980. The van der Waals surface area contributed by atoms with Crippen LogP contribution < -0.4 is 0 Å². The summed E-state index contributed by atoms with van der Waals surface area (Å²) in [5.41, 5.74) is 27.7. The number of para-hydroxylation sites is 2. The molecule has 6 heterocycles. The molecule has 11 nitrogen and oxygen atoms in total. The van der Waals surface area contributed by atoms with Gasteiger partial charge in [-0.2, -0.15) is 0 Å². The highest BCUT2D eigenvalue weighted by molar-refractivity contribution is 6.25. The molecule has 120 heavy (non-hydrogen) atoms. The van der Waals surface area contributed by atoms with Gasteiger partial charge in [-0.05, 0) is 41.5 Å². The van der Waals surface area contributed by atoms with Gasteiger partial charge in [0.15, 0.2) is 23.3 Å². The van der Waals surface area contributed by atoms with Gasteiger partial charge in [0.1, 0.15) is 0 Å². The monoisotopic (exact) mass is 1530 g/mol. The molecule has 0 aliphatic heterocycles. The third kappa shape index (κ3) is 13.7. The number of aromatic nitrogens is 11. The van der Waals surface area contributed by atoms with Crippen LogP contribution in [-0.4, -0.2) is 54.8 Å². The van der Waals surface area contributed by atoms with E-state index in [-0.39, 0.29) is 0 Å². The van der Waals surface area contributed by atoms with E-state index in [0.29, 0.717) is 23.3 Å². The molecule has 0 unspecified atom stereocenters.